The summed E-state index contributed by atoms with van der Waals surface area (Å²) in [4.78, 5) is 30.4. The third kappa shape index (κ3) is 4.13. The Kier molecular flexibility index (Phi) is 5.29. The van der Waals surface area contributed by atoms with Crippen molar-refractivity contribution < 1.29 is 4.79 Å². The van der Waals surface area contributed by atoms with Gasteiger partial charge >= 0.3 is 0 Å². The van der Waals surface area contributed by atoms with Crippen LogP contribution in [0.25, 0.3) is 0 Å². The van der Waals surface area contributed by atoms with Crippen molar-refractivity contribution in [1.82, 2.24) is 24.8 Å². The number of nitrogens with two attached hydrogens (primary N) is 1. The van der Waals surface area contributed by atoms with Crippen molar-refractivity contribution in [2.75, 3.05) is 25.9 Å². The molecule has 3 heterocycles. The van der Waals surface area contributed by atoms with E-state index < -0.39 is 0 Å². The standard InChI is InChI=1S/C17H24N6OS/c1-11(2)16-20-8-13(25-16)17(24)23-7-5-12(9-23)22(3)10-15-19-6-4-14(18)21-15/h4,6,8,11-12H,5,7,9-10H2,1-3H3,(H2,18,19,21)/t12-/m1/s1. The number of thiazole rings is 1. The average molecular weight is 360 g/mol. The number of anilines is 1. The van der Waals surface area contributed by atoms with Crippen molar-refractivity contribution >= 4 is 23.1 Å². The zero-order valence-electron chi connectivity index (χ0n) is 14.8. The second kappa shape index (κ2) is 7.45. The average Bonchev–Trinajstić information content (AvgIpc) is 3.24. The number of nitrogens with zero attached hydrogens (tertiary/aromatic N) is 5. The van der Waals surface area contributed by atoms with E-state index in [4.69, 9.17) is 5.73 Å². The van der Waals surface area contributed by atoms with Gasteiger partial charge in [0.1, 0.15) is 16.5 Å². The summed E-state index contributed by atoms with van der Waals surface area (Å²) in [7, 11) is 2.04. The van der Waals surface area contributed by atoms with Crippen molar-refractivity contribution in [3.05, 3.63) is 34.2 Å². The van der Waals surface area contributed by atoms with E-state index >= 15 is 0 Å². The Morgan fingerprint density at radius 3 is 2.96 bits per heavy atom. The molecule has 2 aromatic heterocycles. The van der Waals surface area contributed by atoms with E-state index in [1.165, 1.54) is 11.3 Å². The summed E-state index contributed by atoms with van der Waals surface area (Å²) >= 11 is 1.50. The maximum absolute atomic E-state index is 12.7. The van der Waals surface area contributed by atoms with Crippen molar-refractivity contribution in [1.29, 1.82) is 0 Å². The van der Waals surface area contributed by atoms with E-state index in [0.29, 0.717) is 36.7 Å². The van der Waals surface area contributed by atoms with Crippen LogP contribution in [0.15, 0.2) is 18.5 Å². The van der Waals surface area contributed by atoms with Crippen LogP contribution in [0.4, 0.5) is 5.82 Å². The summed E-state index contributed by atoms with van der Waals surface area (Å²) < 4.78 is 0. The topological polar surface area (TPSA) is 88.2 Å². The van der Waals surface area contributed by atoms with Crippen molar-refractivity contribution in [3.8, 4) is 0 Å². The minimum Gasteiger partial charge on any atom is -0.384 e. The Hall–Kier alpha value is -2.06. The van der Waals surface area contributed by atoms with E-state index in [0.717, 1.165) is 22.9 Å². The lowest BCUT2D eigenvalue weighted by Gasteiger charge is -2.23. The van der Waals surface area contributed by atoms with Gasteiger partial charge in [0.2, 0.25) is 0 Å². The molecule has 3 rings (SSSR count). The number of likely N-dealkylation sites (N-methyl/N-ethyl adjacent to an activating group) is 1. The quantitative estimate of drug-likeness (QED) is 0.877. The van der Waals surface area contributed by atoms with Crippen LogP contribution in [0.1, 0.15) is 46.7 Å². The lowest BCUT2D eigenvalue weighted by atomic mass is 10.2. The first-order valence-corrected chi connectivity index (χ1v) is 9.28. The van der Waals surface area contributed by atoms with Crippen LogP contribution in [-0.4, -0.2) is 56.8 Å². The highest BCUT2D eigenvalue weighted by Gasteiger charge is 2.30. The number of likely N-dealkylation sites (tertiary alicyclic amines) is 1. The number of carbonyl (C=O) groups is 1. The van der Waals surface area contributed by atoms with Crippen LogP contribution >= 0.6 is 11.3 Å². The van der Waals surface area contributed by atoms with E-state index in [1.54, 1.807) is 18.5 Å². The van der Waals surface area contributed by atoms with Gasteiger partial charge in [0.25, 0.3) is 5.91 Å². The monoisotopic (exact) mass is 360 g/mol. The molecule has 8 heteroatoms. The number of rotatable bonds is 5. The minimum absolute atomic E-state index is 0.0838. The van der Waals surface area contributed by atoms with Crippen molar-refractivity contribution in [3.63, 3.8) is 0 Å². The van der Waals surface area contributed by atoms with E-state index in [1.807, 2.05) is 11.9 Å². The summed E-state index contributed by atoms with van der Waals surface area (Å²) in [6.45, 7) is 6.28. The van der Waals surface area contributed by atoms with Crippen LogP contribution < -0.4 is 5.73 Å². The van der Waals surface area contributed by atoms with Gasteiger partial charge in [-0.25, -0.2) is 15.0 Å². The SMILES string of the molecule is CC(C)c1ncc(C(=O)N2CC[C@@H](N(C)Cc3nccc(N)n3)C2)s1. The molecule has 25 heavy (non-hydrogen) atoms. The lowest BCUT2D eigenvalue weighted by Crippen LogP contribution is -2.36. The maximum atomic E-state index is 12.7. The number of carbonyl (C=O) groups excluding carboxylic acids is 1. The van der Waals surface area contributed by atoms with Crippen molar-refractivity contribution in [2.45, 2.75) is 38.8 Å². The Morgan fingerprint density at radius 2 is 2.28 bits per heavy atom. The fourth-order valence-corrected chi connectivity index (χ4v) is 3.83. The third-order valence-corrected chi connectivity index (χ3v) is 5.71. The van der Waals surface area contributed by atoms with E-state index in [2.05, 4.69) is 33.7 Å². The molecule has 1 atom stereocenters. The van der Waals surface area contributed by atoms with Gasteiger partial charge in [0.05, 0.1) is 17.7 Å². The highest BCUT2D eigenvalue weighted by Crippen LogP contribution is 2.24. The lowest BCUT2D eigenvalue weighted by molar-refractivity contribution is 0.0784. The Balaban J connectivity index is 1.59. The predicted octanol–water partition coefficient (Wildman–Crippen LogP) is 1.99. The summed E-state index contributed by atoms with van der Waals surface area (Å²) in [5.41, 5.74) is 5.71. The Labute approximate surface area is 151 Å². The second-order valence-electron chi connectivity index (χ2n) is 6.72. The van der Waals surface area contributed by atoms with E-state index in [9.17, 15) is 4.79 Å². The summed E-state index contributed by atoms with van der Waals surface area (Å²) in [6.07, 6.45) is 4.33. The zero-order chi connectivity index (χ0) is 18.0. The van der Waals surface area contributed by atoms with Crippen LogP contribution in [0.5, 0.6) is 0 Å². The highest BCUT2D eigenvalue weighted by atomic mass is 32.1. The fraction of sp³-hybridized carbons (Fsp3) is 0.529. The molecule has 1 aliphatic heterocycles. The number of aromatic nitrogens is 3. The normalized spacial score (nSPS) is 17.6. The van der Waals surface area contributed by atoms with Crippen LogP contribution in [-0.2, 0) is 6.54 Å². The summed E-state index contributed by atoms with van der Waals surface area (Å²) in [5, 5.41) is 1.01. The smallest absolute Gasteiger partial charge is 0.265 e. The minimum atomic E-state index is 0.0838. The Morgan fingerprint density at radius 1 is 1.48 bits per heavy atom. The molecular weight excluding hydrogens is 336 g/mol. The highest BCUT2D eigenvalue weighted by molar-refractivity contribution is 7.13. The van der Waals surface area contributed by atoms with Gasteiger partial charge in [-0.15, -0.1) is 11.3 Å². The van der Waals surface area contributed by atoms with Gasteiger partial charge in [-0.1, -0.05) is 13.8 Å². The maximum Gasteiger partial charge on any atom is 0.265 e. The van der Waals surface area contributed by atoms with Crippen LogP contribution in [0.2, 0.25) is 0 Å². The first kappa shape index (κ1) is 17.8. The molecule has 0 saturated carbocycles. The largest absolute Gasteiger partial charge is 0.384 e. The molecule has 2 aromatic rings. The van der Waals surface area contributed by atoms with Gasteiger partial charge in [-0.05, 0) is 19.5 Å². The molecule has 1 aliphatic rings. The summed E-state index contributed by atoms with van der Waals surface area (Å²) in [6, 6.07) is 1.98. The number of nitrogen functional groups attached to an aromatic ring is 1. The van der Waals surface area contributed by atoms with Crippen LogP contribution in [0, 0.1) is 0 Å². The molecule has 7 nitrogen and oxygen atoms in total. The molecule has 0 aliphatic carbocycles. The Bertz CT molecular complexity index is 746. The number of hydrogen-bond acceptors (Lipinski definition) is 7. The number of hydrogen-bond donors (Lipinski definition) is 1. The molecular formula is C17H24N6OS. The predicted molar refractivity (Wildman–Crippen MR) is 98.4 cm³/mol. The van der Waals surface area contributed by atoms with Gasteiger partial charge in [0, 0.05) is 31.2 Å². The zero-order valence-corrected chi connectivity index (χ0v) is 15.7. The molecule has 0 spiro atoms. The van der Waals surface area contributed by atoms with Gasteiger partial charge in [0.15, 0.2) is 0 Å². The fourth-order valence-electron chi connectivity index (χ4n) is 2.94. The van der Waals surface area contributed by atoms with Crippen LogP contribution in [0.3, 0.4) is 0 Å². The van der Waals surface area contributed by atoms with Gasteiger partial charge in [-0.3, -0.25) is 9.69 Å². The molecule has 1 fully saturated rings. The third-order valence-electron chi connectivity index (χ3n) is 4.42. The molecule has 2 N–H and O–H groups in total. The molecule has 0 unspecified atom stereocenters. The molecule has 0 aromatic carbocycles. The first-order valence-electron chi connectivity index (χ1n) is 8.46. The van der Waals surface area contributed by atoms with Crippen molar-refractivity contribution in [2.24, 2.45) is 0 Å². The second-order valence-corrected chi connectivity index (χ2v) is 7.79. The molecule has 134 valence electrons. The molecule has 0 bridgehead atoms. The molecule has 1 amide bonds. The van der Waals surface area contributed by atoms with Gasteiger partial charge < -0.3 is 10.6 Å². The van der Waals surface area contributed by atoms with Gasteiger partial charge in [-0.2, -0.15) is 0 Å². The van der Waals surface area contributed by atoms with E-state index in [-0.39, 0.29) is 5.91 Å². The molecule has 0 radical (unpaired) electrons. The summed E-state index contributed by atoms with van der Waals surface area (Å²) in [5.74, 6) is 1.62. The first-order chi connectivity index (χ1) is 11.9. The number of amides is 1. The molecule has 1 saturated heterocycles.